The molecule has 0 radical (unpaired) electrons. The number of thioether (sulfide) groups is 1. The van der Waals surface area contributed by atoms with Crippen LogP contribution in [0.4, 0.5) is 0 Å². The van der Waals surface area contributed by atoms with Crippen LogP contribution in [0.25, 0.3) is 10.1 Å². The van der Waals surface area contributed by atoms with Crippen molar-refractivity contribution in [3.05, 3.63) is 28.2 Å². The Morgan fingerprint density at radius 2 is 2.21 bits per heavy atom. The molecular weight excluding hydrogens is 344 g/mol. The molecule has 0 atom stereocenters. The summed E-state index contributed by atoms with van der Waals surface area (Å²) >= 11 is 10.8. The molecule has 0 N–H and O–H groups in total. The summed E-state index contributed by atoms with van der Waals surface area (Å²) in [6, 6.07) is 6.46. The van der Waals surface area contributed by atoms with Crippen LogP contribution < -0.4 is 0 Å². The second-order valence-corrected chi connectivity index (χ2v) is 6.31. The first-order chi connectivity index (χ1) is 6.77. The Hall–Kier alpha value is 0.490. The maximum Gasteiger partial charge on any atom is 0.0751 e. The summed E-state index contributed by atoms with van der Waals surface area (Å²) in [5.41, 5.74) is 1.35. The number of benzene rings is 1. The molecule has 1 aromatic heterocycles. The lowest BCUT2D eigenvalue weighted by atomic mass is 10.2. The molecule has 4 heteroatoms. The highest BCUT2D eigenvalue weighted by atomic mass is 79.9. The summed E-state index contributed by atoms with van der Waals surface area (Å²) in [7, 11) is 0. The van der Waals surface area contributed by atoms with Crippen molar-refractivity contribution < 1.29 is 0 Å². The Labute approximate surface area is 108 Å². The molecule has 0 amide bonds. The van der Waals surface area contributed by atoms with Crippen molar-refractivity contribution in [1.82, 2.24) is 0 Å². The number of hydrogen-bond acceptors (Lipinski definition) is 2. The van der Waals surface area contributed by atoms with Crippen LogP contribution in [-0.2, 0) is 5.33 Å². The first kappa shape index (κ1) is 11.0. The van der Waals surface area contributed by atoms with Crippen LogP contribution in [0.2, 0.25) is 0 Å². The van der Waals surface area contributed by atoms with Crippen molar-refractivity contribution in [3.63, 3.8) is 0 Å². The second-order valence-electron chi connectivity index (χ2n) is 2.83. The lowest BCUT2D eigenvalue weighted by Crippen LogP contribution is -1.77. The molecule has 1 heterocycles. The molecule has 0 fully saturated rings. The molecule has 1 aromatic carbocycles. The standard InChI is InChI=1S/C10H8Br2S2/c1-13-10-9(12)8-6(5-11)3-2-4-7(8)14-10/h2-4H,5H2,1H3. The van der Waals surface area contributed by atoms with Crippen LogP contribution in [0.15, 0.2) is 26.9 Å². The van der Waals surface area contributed by atoms with Gasteiger partial charge in [0.1, 0.15) is 0 Å². The average Bonchev–Trinajstić information content (AvgIpc) is 2.55. The molecule has 0 spiro atoms. The minimum absolute atomic E-state index is 0.910. The van der Waals surface area contributed by atoms with E-state index in [4.69, 9.17) is 0 Å². The maximum absolute atomic E-state index is 3.67. The topological polar surface area (TPSA) is 0 Å². The number of fused-ring (bicyclic) bond motifs is 1. The van der Waals surface area contributed by atoms with Gasteiger partial charge in [-0.15, -0.1) is 23.1 Å². The minimum atomic E-state index is 0.910. The third-order valence-electron chi connectivity index (χ3n) is 2.04. The highest BCUT2D eigenvalue weighted by Gasteiger charge is 2.11. The van der Waals surface area contributed by atoms with Crippen LogP contribution >= 0.6 is 55.0 Å². The van der Waals surface area contributed by atoms with Crippen LogP contribution in [-0.4, -0.2) is 6.26 Å². The summed E-state index contributed by atoms with van der Waals surface area (Å²) in [5, 5.41) is 2.27. The van der Waals surface area contributed by atoms with Gasteiger partial charge >= 0.3 is 0 Å². The molecule has 0 aliphatic carbocycles. The van der Waals surface area contributed by atoms with E-state index in [1.165, 1.54) is 24.3 Å². The molecule has 0 aliphatic rings. The monoisotopic (exact) mass is 350 g/mol. The van der Waals surface area contributed by atoms with Crippen molar-refractivity contribution in [1.29, 1.82) is 0 Å². The third kappa shape index (κ3) is 1.77. The predicted octanol–water partition coefficient (Wildman–Crippen LogP) is 5.28. The van der Waals surface area contributed by atoms with Gasteiger partial charge in [0.15, 0.2) is 0 Å². The summed E-state index contributed by atoms with van der Waals surface area (Å²) in [6.07, 6.45) is 2.11. The van der Waals surface area contributed by atoms with Crippen molar-refractivity contribution >= 4 is 65.0 Å². The van der Waals surface area contributed by atoms with Crippen molar-refractivity contribution in [3.8, 4) is 0 Å². The van der Waals surface area contributed by atoms with Gasteiger partial charge in [0.05, 0.1) is 8.68 Å². The Kier molecular flexibility index (Phi) is 3.58. The molecule has 0 saturated carbocycles. The molecular formula is C10H8Br2S2. The van der Waals surface area contributed by atoms with Crippen molar-refractivity contribution in [2.75, 3.05) is 6.26 Å². The predicted molar refractivity (Wildman–Crippen MR) is 73.9 cm³/mol. The minimum Gasteiger partial charge on any atom is -0.128 e. The fourth-order valence-electron chi connectivity index (χ4n) is 1.40. The number of hydrogen-bond donors (Lipinski definition) is 0. The van der Waals surface area contributed by atoms with Gasteiger partial charge in [-0.2, -0.15) is 0 Å². The highest BCUT2D eigenvalue weighted by molar-refractivity contribution is 9.10. The Morgan fingerprint density at radius 1 is 1.43 bits per heavy atom. The zero-order chi connectivity index (χ0) is 10.1. The lowest BCUT2D eigenvalue weighted by molar-refractivity contribution is 1.49. The summed E-state index contributed by atoms with van der Waals surface area (Å²) in [4.78, 5) is 0. The molecule has 14 heavy (non-hydrogen) atoms. The largest absolute Gasteiger partial charge is 0.128 e. The molecule has 74 valence electrons. The fourth-order valence-corrected chi connectivity index (χ4v) is 4.95. The molecule has 2 rings (SSSR count). The zero-order valence-electron chi connectivity index (χ0n) is 7.51. The first-order valence-corrected chi connectivity index (χ1v) is 8.03. The van der Waals surface area contributed by atoms with Gasteiger partial charge in [0.2, 0.25) is 0 Å². The van der Waals surface area contributed by atoms with E-state index in [2.05, 4.69) is 56.3 Å². The highest BCUT2D eigenvalue weighted by Crippen LogP contribution is 2.42. The number of thiophene rings is 1. The van der Waals surface area contributed by atoms with Gasteiger partial charge in [-0.1, -0.05) is 28.1 Å². The lowest BCUT2D eigenvalue weighted by Gasteiger charge is -1.98. The SMILES string of the molecule is CSc1sc2cccc(CBr)c2c1Br. The van der Waals surface area contributed by atoms with E-state index in [0.717, 1.165) is 5.33 Å². The van der Waals surface area contributed by atoms with E-state index < -0.39 is 0 Å². The molecule has 0 nitrogen and oxygen atoms in total. The number of rotatable bonds is 2. The molecule has 0 aliphatic heterocycles. The van der Waals surface area contributed by atoms with Gasteiger partial charge < -0.3 is 0 Å². The smallest absolute Gasteiger partial charge is 0.0751 e. The van der Waals surface area contributed by atoms with Gasteiger partial charge in [0, 0.05) is 15.4 Å². The van der Waals surface area contributed by atoms with E-state index in [1.54, 1.807) is 11.8 Å². The van der Waals surface area contributed by atoms with Gasteiger partial charge in [-0.05, 0) is 33.8 Å². The van der Waals surface area contributed by atoms with E-state index in [1.807, 2.05) is 11.3 Å². The van der Waals surface area contributed by atoms with E-state index in [-0.39, 0.29) is 0 Å². The summed E-state index contributed by atoms with van der Waals surface area (Å²) in [6.45, 7) is 0. The summed E-state index contributed by atoms with van der Waals surface area (Å²) in [5.74, 6) is 0. The zero-order valence-corrected chi connectivity index (χ0v) is 12.3. The molecule has 2 aromatic rings. The maximum atomic E-state index is 3.67. The van der Waals surface area contributed by atoms with Crippen LogP contribution in [0.5, 0.6) is 0 Å². The normalized spacial score (nSPS) is 11.1. The van der Waals surface area contributed by atoms with Crippen LogP contribution in [0.1, 0.15) is 5.56 Å². The Balaban J connectivity index is 2.79. The Bertz CT molecular complexity index is 462. The number of halogens is 2. The van der Waals surface area contributed by atoms with Gasteiger partial charge in [-0.25, -0.2) is 0 Å². The summed E-state index contributed by atoms with van der Waals surface area (Å²) < 4.78 is 3.96. The van der Waals surface area contributed by atoms with Crippen LogP contribution in [0.3, 0.4) is 0 Å². The van der Waals surface area contributed by atoms with E-state index >= 15 is 0 Å². The quantitative estimate of drug-likeness (QED) is 0.523. The third-order valence-corrected chi connectivity index (χ3v) is 6.24. The molecule has 0 unspecified atom stereocenters. The van der Waals surface area contributed by atoms with Crippen LogP contribution in [0, 0.1) is 0 Å². The van der Waals surface area contributed by atoms with E-state index in [0.29, 0.717) is 0 Å². The Morgan fingerprint density at radius 3 is 2.86 bits per heavy atom. The molecule has 0 saturated heterocycles. The molecule has 0 bridgehead atoms. The van der Waals surface area contributed by atoms with Crippen molar-refractivity contribution in [2.24, 2.45) is 0 Å². The second kappa shape index (κ2) is 4.56. The van der Waals surface area contributed by atoms with E-state index in [9.17, 15) is 0 Å². The fraction of sp³-hybridized carbons (Fsp3) is 0.200. The average molecular weight is 352 g/mol. The van der Waals surface area contributed by atoms with Gasteiger partial charge in [0.25, 0.3) is 0 Å². The van der Waals surface area contributed by atoms with Gasteiger partial charge in [-0.3, -0.25) is 0 Å². The van der Waals surface area contributed by atoms with Crippen molar-refractivity contribution in [2.45, 2.75) is 9.54 Å². The first-order valence-electron chi connectivity index (χ1n) is 4.07. The number of alkyl halides is 1.